The first-order valence-electron chi connectivity index (χ1n) is 9.13. The third-order valence-corrected chi connectivity index (χ3v) is 4.77. The lowest BCUT2D eigenvalue weighted by Crippen LogP contribution is -2.47. The lowest BCUT2D eigenvalue weighted by molar-refractivity contribution is 0.0721. The maximum Gasteiger partial charge on any atom is 0.0874 e. The second kappa shape index (κ2) is 9.08. The van der Waals surface area contributed by atoms with Crippen molar-refractivity contribution in [1.29, 1.82) is 0 Å². The second-order valence-corrected chi connectivity index (χ2v) is 6.62. The lowest BCUT2D eigenvalue weighted by Gasteiger charge is -2.38. The highest BCUT2D eigenvalue weighted by Gasteiger charge is 2.31. The highest BCUT2D eigenvalue weighted by atomic mass is 15.6. The zero-order valence-corrected chi connectivity index (χ0v) is 15.4. The van der Waals surface area contributed by atoms with Crippen LogP contribution in [0.15, 0.2) is 81.3 Å². The third kappa shape index (κ3) is 4.88. The van der Waals surface area contributed by atoms with E-state index in [-0.39, 0.29) is 12.1 Å². The molecule has 136 valence electrons. The maximum atomic E-state index is 4.43. The summed E-state index contributed by atoms with van der Waals surface area (Å²) in [5.41, 5.74) is 1.73. The van der Waals surface area contributed by atoms with Crippen LogP contribution in [0.1, 0.15) is 25.7 Å². The molecule has 1 saturated carbocycles. The molecule has 2 aromatic rings. The van der Waals surface area contributed by atoms with Gasteiger partial charge >= 0.3 is 0 Å². The van der Waals surface area contributed by atoms with Gasteiger partial charge in [0.2, 0.25) is 0 Å². The molecule has 2 aromatic carbocycles. The van der Waals surface area contributed by atoms with Crippen molar-refractivity contribution >= 4 is 11.4 Å². The van der Waals surface area contributed by atoms with Gasteiger partial charge in [-0.3, -0.25) is 10.0 Å². The number of hydrogen-bond donors (Lipinski definition) is 0. The van der Waals surface area contributed by atoms with Crippen LogP contribution in [0, 0.1) is 0 Å². The molecule has 1 aliphatic carbocycles. The molecular weight excluding hydrogens is 324 g/mol. The van der Waals surface area contributed by atoms with Crippen LogP contribution < -0.4 is 0 Å². The van der Waals surface area contributed by atoms with Crippen LogP contribution in [0.3, 0.4) is 0 Å². The summed E-state index contributed by atoms with van der Waals surface area (Å²) in [6, 6.07) is 20.2. The van der Waals surface area contributed by atoms with Crippen LogP contribution in [-0.2, 0) is 0 Å². The molecule has 0 aliphatic heterocycles. The molecule has 0 radical (unpaired) electrons. The van der Waals surface area contributed by atoms with Crippen LogP contribution in [0.2, 0.25) is 0 Å². The molecule has 6 nitrogen and oxygen atoms in total. The first-order chi connectivity index (χ1) is 12.7. The molecule has 0 amide bonds. The van der Waals surface area contributed by atoms with E-state index in [1.54, 1.807) is 0 Å². The monoisotopic (exact) mass is 350 g/mol. The predicted octanol–water partition coefficient (Wildman–Crippen LogP) is 5.56. The molecule has 2 unspecified atom stereocenters. The van der Waals surface area contributed by atoms with E-state index in [1.165, 1.54) is 12.8 Å². The minimum absolute atomic E-state index is 0.274. The Morgan fingerprint density at radius 1 is 0.654 bits per heavy atom. The number of nitrogens with zero attached hydrogens (tertiary/aromatic N) is 6. The van der Waals surface area contributed by atoms with Gasteiger partial charge in [0.25, 0.3) is 0 Å². The van der Waals surface area contributed by atoms with E-state index in [4.69, 9.17) is 0 Å². The van der Waals surface area contributed by atoms with E-state index >= 15 is 0 Å². The van der Waals surface area contributed by atoms with E-state index in [2.05, 4.69) is 20.7 Å². The van der Waals surface area contributed by atoms with Crippen molar-refractivity contribution in [1.82, 2.24) is 10.0 Å². The van der Waals surface area contributed by atoms with Crippen molar-refractivity contribution in [3.05, 3.63) is 60.7 Å². The van der Waals surface area contributed by atoms with E-state index in [1.807, 2.05) is 84.8 Å². The topological polar surface area (TPSA) is 55.9 Å². The number of hydrogen-bond acceptors (Lipinski definition) is 4. The average molecular weight is 350 g/mol. The van der Waals surface area contributed by atoms with Crippen molar-refractivity contribution in [3.8, 4) is 0 Å². The molecule has 6 heteroatoms. The summed E-state index contributed by atoms with van der Waals surface area (Å²) < 4.78 is 0. The van der Waals surface area contributed by atoms with E-state index < -0.39 is 0 Å². The van der Waals surface area contributed by atoms with Gasteiger partial charge in [0.15, 0.2) is 0 Å². The fraction of sp³-hybridized carbons (Fsp3) is 0.400. The Morgan fingerprint density at radius 2 is 1.04 bits per heavy atom. The Bertz CT molecular complexity index is 652. The molecule has 0 spiro atoms. The zero-order chi connectivity index (χ0) is 18.2. The number of rotatable bonds is 6. The van der Waals surface area contributed by atoms with Crippen LogP contribution in [0.25, 0.3) is 0 Å². The molecule has 26 heavy (non-hydrogen) atoms. The quantitative estimate of drug-likeness (QED) is 0.506. The summed E-state index contributed by atoms with van der Waals surface area (Å²) in [5, 5.41) is 21.5. The van der Waals surface area contributed by atoms with Crippen molar-refractivity contribution in [2.24, 2.45) is 20.7 Å². The fourth-order valence-corrected chi connectivity index (χ4v) is 3.33. The SMILES string of the molecule is CN(N=Nc1ccccc1)C1CCCCC1N(C)N=Nc1ccccc1. The average Bonchev–Trinajstić information content (AvgIpc) is 2.72. The van der Waals surface area contributed by atoms with Gasteiger partial charge in [-0.1, -0.05) is 59.7 Å². The van der Waals surface area contributed by atoms with Crippen molar-refractivity contribution in [3.63, 3.8) is 0 Å². The first-order valence-corrected chi connectivity index (χ1v) is 9.13. The van der Waals surface area contributed by atoms with Gasteiger partial charge in [-0.2, -0.15) is 0 Å². The molecule has 2 atom stereocenters. The minimum atomic E-state index is 0.274. The van der Waals surface area contributed by atoms with Crippen LogP contribution in [0.4, 0.5) is 11.4 Å². The van der Waals surface area contributed by atoms with Gasteiger partial charge in [-0.25, -0.2) is 0 Å². The summed E-state index contributed by atoms with van der Waals surface area (Å²) in [4.78, 5) is 0. The van der Waals surface area contributed by atoms with Crippen LogP contribution in [-0.4, -0.2) is 36.2 Å². The molecule has 0 saturated heterocycles. The van der Waals surface area contributed by atoms with Crippen LogP contribution in [0.5, 0.6) is 0 Å². The van der Waals surface area contributed by atoms with E-state index in [0.717, 1.165) is 24.2 Å². The molecule has 0 aromatic heterocycles. The van der Waals surface area contributed by atoms with Gasteiger partial charge in [-0.15, -0.1) is 10.2 Å². The molecule has 1 aliphatic rings. The molecular formula is C20H26N6. The summed E-state index contributed by atoms with van der Waals surface area (Å²) >= 11 is 0. The molecule has 0 heterocycles. The Labute approximate surface area is 155 Å². The minimum Gasteiger partial charge on any atom is -0.276 e. The Morgan fingerprint density at radius 3 is 1.42 bits per heavy atom. The smallest absolute Gasteiger partial charge is 0.0874 e. The predicted molar refractivity (Wildman–Crippen MR) is 103 cm³/mol. The Kier molecular flexibility index (Phi) is 6.30. The molecule has 3 rings (SSSR count). The molecule has 1 fully saturated rings. The largest absolute Gasteiger partial charge is 0.276 e. The first kappa shape index (κ1) is 18.0. The molecule has 0 bridgehead atoms. The summed E-state index contributed by atoms with van der Waals surface area (Å²) in [7, 11) is 4.00. The summed E-state index contributed by atoms with van der Waals surface area (Å²) in [6.07, 6.45) is 4.58. The second-order valence-electron chi connectivity index (χ2n) is 6.62. The number of benzene rings is 2. The van der Waals surface area contributed by atoms with Gasteiger partial charge in [0.1, 0.15) is 0 Å². The van der Waals surface area contributed by atoms with Gasteiger partial charge < -0.3 is 0 Å². The highest BCUT2D eigenvalue weighted by molar-refractivity contribution is 5.35. The Balaban J connectivity index is 1.66. The third-order valence-electron chi connectivity index (χ3n) is 4.77. The van der Waals surface area contributed by atoms with Crippen molar-refractivity contribution < 1.29 is 0 Å². The van der Waals surface area contributed by atoms with E-state index in [9.17, 15) is 0 Å². The van der Waals surface area contributed by atoms with E-state index in [0.29, 0.717) is 0 Å². The zero-order valence-electron chi connectivity index (χ0n) is 15.4. The number of likely N-dealkylation sites (N-methyl/N-ethyl adjacent to an activating group) is 2. The summed E-state index contributed by atoms with van der Waals surface area (Å²) in [5.74, 6) is 0. The fourth-order valence-electron chi connectivity index (χ4n) is 3.33. The Hall–Kier alpha value is -2.76. The van der Waals surface area contributed by atoms with Gasteiger partial charge in [0.05, 0.1) is 23.5 Å². The normalized spacial score (nSPS) is 20.5. The summed E-state index contributed by atoms with van der Waals surface area (Å²) in [6.45, 7) is 0. The maximum absolute atomic E-state index is 4.43. The highest BCUT2D eigenvalue weighted by Crippen LogP contribution is 2.27. The lowest BCUT2D eigenvalue weighted by atomic mass is 9.90. The standard InChI is InChI=1S/C20H26N6/c1-25(23-21-17-11-5-3-6-12-17)19-15-9-10-16-20(19)26(2)24-22-18-13-7-4-8-14-18/h3-8,11-14,19-20H,9-10,15-16H2,1-2H3. The van der Waals surface area contributed by atoms with Gasteiger partial charge in [0, 0.05) is 14.1 Å². The van der Waals surface area contributed by atoms with Crippen molar-refractivity contribution in [2.75, 3.05) is 14.1 Å². The molecule has 0 N–H and O–H groups in total. The van der Waals surface area contributed by atoms with Crippen molar-refractivity contribution in [2.45, 2.75) is 37.8 Å². The van der Waals surface area contributed by atoms with Crippen LogP contribution >= 0.6 is 0 Å². The van der Waals surface area contributed by atoms with Gasteiger partial charge in [-0.05, 0) is 37.1 Å².